The third-order valence-corrected chi connectivity index (χ3v) is 5.39. The highest BCUT2D eigenvalue weighted by molar-refractivity contribution is 9.10. The van der Waals surface area contributed by atoms with E-state index in [1.807, 2.05) is 6.07 Å². The summed E-state index contributed by atoms with van der Waals surface area (Å²) in [6.07, 6.45) is 6.50. The van der Waals surface area contributed by atoms with Crippen LogP contribution in [0.4, 0.5) is 5.69 Å². The Morgan fingerprint density at radius 2 is 2.00 bits per heavy atom. The highest BCUT2D eigenvalue weighted by Crippen LogP contribution is 2.22. The van der Waals surface area contributed by atoms with Gasteiger partial charge in [-0.25, -0.2) is 8.42 Å². The molecule has 0 atom stereocenters. The first kappa shape index (κ1) is 17.3. The zero-order chi connectivity index (χ0) is 16.2. The van der Waals surface area contributed by atoms with Crippen molar-refractivity contribution in [1.29, 1.82) is 0 Å². The number of nitrogens with zero attached hydrogens (tertiary/aromatic N) is 1. The number of rotatable bonds is 5. The minimum atomic E-state index is -3.52. The molecule has 0 spiro atoms. The normalized spacial score (nSPS) is 16.3. The van der Waals surface area contributed by atoms with Gasteiger partial charge in [-0.2, -0.15) is 0 Å². The summed E-state index contributed by atoms with van der Waals surface area (Å²) in [4.78, 5) is 12.2. The Kier molecular flexibility index (Phi) is 5.86. The maximum absolute atomic E-state index is 12.2. The van der Waals surface area contributed by atoms with Crippen molar-refractivity contribution in [2.45, 2.75) is 38.1 Å². The number of carbonyl (C=O) groups excluding carboxylic acids is 1. The van der Waals surface area contributed by atoms with Gasteiger partial charge in [0.25, 0.3) is 0 Å². The van der Waals surface area contributed by atoms with Crippen LogP contribution in [0.1, 0.15) is 32.1 Å². The van der Waals surface area contributed by atoms with Crippen LogP contribution in [0.5, 0.6) is 0 Å². The van der Waals surface area contributed by atoms with Crippen LogP contribution in [0, 0.1) is 0 Å². The lowest BCUT2D eigenvalue weighted by Crippen LogP contribution is -2.44. The molecule has 5 nitrogen and oxygen atoms in total. The van der Waals surface area contributed by atoms with Crippen molar-refractivity contribution >= 4 is 37.5 Å². The van der Waals surface area contributed by atoms with Gasteiger partial charge < -0.3 is 5.32 Å². The number of benzene rings is 1. The molecule has 1 amide bonds. The van der Waals surface area contributed by atoms with Gasteiger partial charge in [0.1, 0.15) is 6.54 Å². The molecule has 1 saturated carbocycles. The summed E-state index contributed by atoms with van der Waals surface area (Å²) in [6.45, 7) is -0.189. The average molecular weight is 389 g/mol. The predicted molar refractivity (Wildman–Crippen MR) is 91.3 cm³/mol. The fraction of sp³-hybridized carbons (Fsp3) is 0.533. The number of hydrogen-bond donors (Lipinski definition) is 1. The molecule has 0 aliphatic heterocycles. The van der Waals surface area contributed by atoms with Crippen molar-refractivity contribution in [2.24, 2.45) is 0 Å². The second kappa shape index (κ2) is 7.46. The smallest absolute Gasteiger partial charge is 0.240 e. The van der Waals surface area contributed by atoms with E-state index in [0.29, 0.717) is 5.69 Å². The molecule has 1 fully saturated rings. The van der Waals surface area contributed by atoms with E-state index in [9.17, 15) is 13.2 Å². The van der Waals surface area contributed by atoms with Gasteiger partial charge in [-0.1, -0.05) is 41.3 Å². The minimum Gasteiger partial charge on any atom is -0.352 e. The van der Waals surface area contributed by atoms with Crippen LogP contribution in [0.25, 0.3) is 0 Å². The van der Waals surface area contributed by atoms with Crippen LogP contribution in [0.2, 0.25) is 0 Å². The van der Waals surface area contributed by atoms with Gasteiger partial charge in [-0.3, -0.25) is 9.10 Å². The van der Waals surface area contributed by atoms with Crippen LogP contribution in [0.3, 0.4) is 0 Å². The second-order valence-corrected chi connectivity index (χ2v) is 8.47. The van der Waals surface area contributed by atoms with Crippen LogP contribution < -0.4 is 9.62 Å². The van der Waals surface area contributed by atoms with Gasteiger partial charge in [0, 0.05) is 10.5 Å². The molecule has 2 rings (SSSR count). The predicted octanol–water partition coefficient (Wildman–Crippen LogP) is 2.66. The molecular formula is C15H21BrN2O3S. The molecule has 1 N–H and O–H groups in total. The lowest BCUT2D eigenvalue weighted by Gasteiger charge is -2.26. The largest absolute Gasteiger partial charge is 0.352 e. The Morgan fingerprint density at radius 1 is 1.32 bits per heavy atom. The van der Waals surface area contributed by atoms with Gasteiger partial charge in [0.05, 0.1) is 11.9 Å². The fourth-order valence-corrected chi connectivity index (χ4v) is 3.92. The first-order valence-electron chi connectivity index (χ1n) is 7.39. The van der Waals surface area contributed by atoms with Crippen molar-refractivity contribution in [3.05, 3.63) is 28.7 Å². The summed E-state index contributed by atoms with van der Waals surface area (Å²) in [5, 5.41) is 2.95. The summed E-state index contributed by atoms with van der Waals surface area (Å²) in [7, 11) is -3.52. The van der Waals surface area contributed by atoms with E-state index in [1.54, 1.807) is 18.2 Å². The highest BCUT2D eigenvalue weighted by Gasteiger charge is 2.23. The van der Waals surface area contributed by atoms with Crippen molar-refractivity contribution in [1.82, 2.24) is 5.32 Å². The van der Waals surface area contributed by atoms with Crippen LogP contribution in [0.15, 0.2) is 28.7 Å². The Balaban J connectivity index is 2.08. The van der Waals surface area contributed by atoms with Crippen molar-refractivity contribution in [3.8, 4) is 0 Å². The van der Waals surface area contributed by atoms with E-state index in [0.717, 1.165) is 40.7 Å². The molecule has 7 heteroatoms. The van der Waals surface area contributed by atoms with Gasteiger partial charge in [0.2, 0.25) is 15.9 Å². The quantitative estimate of drug-likeness (QED) is 0.842. The molecule has 22 heavy (non-hydrogen) atoms. The maximum Gasteiger partial charge on any atom is 0.240 e. The zero-order valence-corrected chi connectivity index (χ0v) is 15.0. The Morgan fingerprint density at radius 3 is 2.59 bits per heavy atom. The molecule has 0 unspecified atom stereocenters. The van der Waals surface area contributed by atoms with E-state index >= 15 is 0 Å². The number of carbonyl (C=O) groups is 1. The molecule has 0 heterocycles. The molecule has 0 radical (unpaired) electrons. The molecular weight excluding hydrogens is 368 g/mol. The first-order valence-corrected chi connectivity index (χ1v) is 10.0. The first-order chi connectivity index (χ1) is 10.4. The zero-order valence-electron chi connectivity index (χ0n) is 12.6. The number of anilines is 1. The number of amides is 1. The number of nitrogens with one attached hydrogen (secondary N) is 1. The molecule has 1 aromatic rings. The number of sulfonamides is 1. The minimum absolute atomic E-state index is 0.171. The summed E-state index contributed by atoms with van der Waals surface area (Å²) >= 11 is 3.32. The Hall–Kier alpha value is -1.08. The summed E-state index contributed by atoms with van der Waals surface area (Å²) in [6, 6.07) is 7.10. The highest BCUT2D eigenvalue weighted by atomic mass is 79.9. The third-order valence-electron chi connectivity index (χ3n) is 3.75. The van der Waals surface area contributed by atoms with E-state index in [4.69, 9.17) is 0 Å². The van der Waals surface area contributed by atoms with Gasteiger partial charge in [-0.05, 0) is 31.0 Å². The fourth-order valence-electron chi connectivity index (χ4n) is 2.68. The molecule has 122 valence electrons. The lowest BCUT2D eigenvalue weighted by molar-refractivity contribution is -0.120. The average Bonchev–Trinajstić information content (AvgIpc) is 2.44. The number of hydrogen-bond acceptors (Lipinski definition) is 3. The molecule has 1 aromatic carbocycles. The van der Waals surface area contributed by atoms with Gasteiger partial charge in [-0.15, -0.1) is 0 Å². The summed E-state index contributed by atoms with van der Waals surface area (Å²) in [5.74, 6) is -0.252. The summed E-state index contributed by atoms with van der Waals surface area (Å²) < 4.78 is 25.9. The molecule has 1 aliphatic carbocycles. The second-order valence-electron chi connectivity index (χ2n) is 5.65. The monoisotopic (exact) mass is 388 g/mol. The van der Waals surface area contributed by atoms with E-state index in [-0.39, 0.29) is 18.5 Å². The van der Waals surface area contributed by atoms with Crippen LogP contribution in [-0.2, 0) is 14.8 Å². The molecule has 0 saturated heterocycles. The van der Waals surface area contributed by atoms with Crippen molar-refractivity contribution in [3.63, 3.8) is 0 Å². The molecule has 0 aromatic heterocycles. The Labute approximate surface area is 140 Å². The molecule has 0 bridgehead atoms. The van der Waals surface area contributed by atoms with Gasteiger partial charge in [0.15, 0.2) is 0 Å². The third kappa shape index (κ3) is 4.98. The van der Waals surface area contributed by atoms with Crippen LogP contribution in [-0.4, -0.2) is 33.2 Å². The van der Waals surface area contributed by atoms with E-state index < -0.39 is 10.0 Å². The van der Waals surface area contributed by atoms with E-state index in [1.165, 1.54) is 6.42 Å². The SMILES string of the molecule is CS(=O)(=O)N(CC(=O)NC1CCCCC1)c1cccc(Br)c1. The maximum atomic E-state index is 12.2. The number of halogens is 1. The van der Waals surface area contributed by atoms with Crippen molar-refractivity contribution < 1.29 is 13.2 Å². The van der Waals surface area contributed by atoms with Gasteiger partial charge >= 0.3 is 0 Å². The van der Waals surface area contributed by atoms with E-state index in [2.05, 4.69) is 21.2 Å². The van der Waals surface area contributed by atoms with Crippen molar-refractivity contribution in [2.75, 3.05) is 17.1 Å². The van der Waals surface area contributed by atoms with Crippen LogP contribution >= 0.6 is 15.9 Å². The standard InChI is InChI=1S/C15H21BrN2O3S/c1-22(20,21)18(14-9-5-6-12(16)10-14)11-15(19)17-13-7-3-2-4-8-13/h5-6,9-10,13H,2-4,7-8,11H2,1H3,(H,17,19). The molecule has 1 aliphatic rings. The summed E-state index contributed by atoms with van der Waals surface area (Å²) in [5.41, 5.74) is 0.482. The lowest BCUT2D eigenvalue weighted by atomic mass is 9.95. The Bertz CT molecular complexity index is 627. The topological polar surface area (TPSA) is 66.5 Å².